The Balaban J connectivity index is 2.29. The number of nitrogens with one attached hydrogen (secondary N) is 1. The molecule has 0 spiro atoms. The number of hydrogen-bond donors (Lipinski definition) is 1. The van der Waals surface area contributed by atoms with E-state index >= 15 is 0 Å². The first kappa shape index (κ1) is 13.4. The minimum absolute atomic E-state index is 0.0785. The molecule has 2 aromatic rings. The summed E-state index contributed by atoms with van der Waals surface area (Å²) in [5, 5.41) is 4.40. The Morgan fingerprint density at radius 1 is 1.39 bits per heavy atom. The van der Waals surface area contributed by atoms with Crippen molar-refractivity contribution in [2.45, 2.75) is 19.9 Å². The zero-order chi connectivity index (χ0) is 13.1. The SMILES string of the molecule is CCNC(C)c1ncc(-c2ccc(Cl)cc2Cl)o1. The van der Waals surface area contributed by atoms with Crippen LogP contribution in [0.5, 0.6) is 0 Å². The Morgan fingerprint density at radius 3 is 2.83 bits per heavy atom. The van der Waals surface area contributed by atoms with E-state index in [1.54, 1.807) is 18.3 Å². The minimum atomic E-state index is 0.0785. The van der Waals surface area contributed by atoms with Crippen molar-refractivity contribution in [3.8, 4) is 11.3 Å². The van der Waals surface area contributed by atoms with E-state index in [-0.39, 0.29) is 6.04 Å². The molecule has 0 aliphatic rings. The number of oxazole rings is 1. The van der Waals surface area contributed by atoms with Gasteiger partial charge in [0.1, 0.15) is 0 Å². The van der Waals surface area contributed by atoms with E-state index in [0.29, 0.717) is 21.7 Å². The van der Waals surface area contributed by atoms with Crippen molar-refractivity contribution < 1.29 is 4.42 Å². The van der Waals surface area contributed by atoms with Crippen LogP contribution in [0.4, 0.5) is 0 Å². The van der Waals surface area contributed by atoms with Crippen LogP contribution in [0.15, 0.2) is 28.8 Å². The molecule has 0 bridgehead atoms. The van der Waals surface area contributed by atoms with Crippen molar-refractivity contribution in [2.75, 3.05) is 6.54 Å². The van der Waals surface area contributed by atoms with E-state index < -0.39 is 0 Å². The van der Waals surface area contributed by atoms with Crippen LogP contribution < -0.4 is 5.32 Å². The van der Waals surface area contributed by atoms with Gasteiger partial charge in [0.15, 0.2) is 5.76 Å². The van der Waals surface area contributed by atoms with Gasteiger partial charge in [-0.3, -0.25) is 0 Å². The first-order valence-electron chi connectivity index (χ1n) is 5.76. The second-order valence-electron chi connectivity index (χ2n) is 3.97. The molecule has 0 aliphatic heterocycles. The minimum Gasteiger partial charge on any atom is -0.439 e. The Hall–Kier alpha value is -1.03. The highest BCUT2D eigenvalue weighted by atomic mass is 35.5. The predicted octanol–water partition coefficient (Wildman–Crippen LogP) is 4.32. The summed E-state index contributed by atoms with van der Waals surface area (Å²) in [7, 11) is 0. The molecule has 0 saturated carbocycles. The van der Waals surface area contributed by atoms with Gasteiger partial charge in [-0.1, -0.05) is 30.1 Å². The lowest BCUT2D eigenvalue weighted by Gasteiger charge is -2.07. The molecule has 1 atom stereocenters. The third-order valence-corrected chi connectivity index (χ3v) is 3.15. The van der Waals surface area contributed by atoms with Gasteiger partial charge in [0.2, 0.25) is 5.89 Å². The zero-order valence-corrected chi connectivity index (χ0v) is 11.7. The fourth-order valence-electron chi connectivity index (χ4n) is 1.70. The third-order valence-electron chi connectivity index (χ3n) is 2.60. The maximum atomic E-state index is 6.13. The molecule has 0 fully saturated rings. The van der Waals surface area contributed by atoms with Gasteiger partial charge in [0.05, 0.1) is 17.3 Å². The normalized spacial score (nSPS) is 12.7. The van der Waals surface area contributed by atoms with Gasteiger partial charge < -0.3 is 9.73 Å². The molecule has 1 N–H and O–H groups in total. The van der Waals surface area contributed by atoms with Gasteiger partial charge in [-0.2, -0.15) is 0 Å². The summed E-state index contributed by atoms with van der Waals surface area (Å²) in [4.78, 5) is 4.25. The molecule has 18 heavy (non-hydrogen) atoms. The summed E-state index contributed by atoms with van der Waals surface area (Å²) >= 11 is 12.0. The molecule has 2 rings (SSSR count). The summed E-state index contributed by atoms with van der Waals surface area (Å²) in [6.45, 7) is 4.90. The maximum Gasteiger partial charge on any atom is 0.211 e. The predicted molar refractivity (Wildman–Crippen MR) is 74.1 cm³/mol. The number of aromatic nitrogens is 1. The van der Waals surface area contributed by atoms with Gasteiger partial charge >= 0.3 is 0 Å². The highest BCUT2D eigenvalue weighted by molar-refractivity contribution is 6.36. The van der Waals surface area contributed by atoms with E-state index in [4.69, 9.17) is 27.6 Å². The molecule has 1 aromatic heterocycles. The van der Waals surface area contributed by atoms with Gasteiger partial charge in [0.25, 0.3) is 0 Å². The summed E-state index contributed by atoms with van der Waals surface area (Å²) in [6.07, 6.45) is 1.68. The Kier molecular flexibility index (Phi) is 4.27. The average Bonchev–Trinajstić information content (AvgIpc) is 2.78. The van der Waals surface area contributed by atoms with E-state index in [0.717, 1.165) is 12.1 Å². The van der Waals surface area contributed by atoms with Crippen LogP contribution in [0.1, 0.15) is 25.8 Å². The maximum absolute atomic E-state index is 6.13. The molecular formula is C13H14Cl2N2O. The van der Waals surface area contributed by atoms with Crippen molar-refractivity contribution in [3.63, 3.8) is 0 Å². The Labute approximate surface area is 116 Å². The number of nitrogens with zero attached hydrogens (tertiary/aromatic N) is 1. The molecule has 0 amide bonds. The summed E-state index contributed by atoms with van der Waals surface area (Å²) in [6, 6.07) is 5.37. The Morgan fingerprint density at radius 2 is 2.17 bits per heavy atom. The molecule has 0 saturated heterocycles. The monoisotopic (exact) mass is 284 g/mol. The standard InChI is InChI=1S/C13H14Cl2N2O/c1-3-16-8(2)13-17-7-12(18-13)10-5-4-9(14)6-11(10)15/h4-8,16H,3H2,1-2H3. The highest BCUT2D eigenvalue weighted by Gasteiger charge is 2.14. The van der Waals surface area contributed by atoms with Crippen molar-refractivity contribution in [1.82, 2.24) is 10.3 Å². The molecule has 1 unspecified atom stereocenters. The van der Waals surface area contributed by atoms with Crippen molar-refractivity contribution in [1.29, 1.82) is 0 Å². The molecule has 0 aliphatic carbocycles. The fraction of sp³-hybridized carbons (Fsp3) is 0.308. The topological polar surface area (TPSA) is 38.1 Å². The van der Waals surface area contributed by atoms with Crippen LogP contribution in [-0.2, 0) is 0 Å². The quantitative estimate of drug-likeness (QED) is 0.909. The van der Waals surface area contributed by atoms with E-state index in [1.165, 1.54) is 0 Å². The van der Waals surface area contributed by atoms with Crippen molar-refractivity contribution in [3.05, 3.63) is 40.3 Å². The number of halogens is 2. The van der Waals surface area contributed by atoms with Gasteiger partial charge in [0, 0.05) is 10.6 Å². The van der Waals surface area contributed by atoms with Gasteiger partial charge in [-0.05, 0) is 31.7 Å². The lowest BCUT2D eigenvalue weighted by atomic mass is 10.2. The molecule has 5 heteroatoms. The largest absolute Gasteiger partial charge is 0.439 e. The second-order valence-corrected chi connectivity index (χ2v) is 4.81. The van der Waals surface area contributed by atoms with E-state index in [2.05, 4.69) is 10.3 Å². The number of hydrogen-bond acceptors (Lipinski definition) is 3. The summed E-state index contributed by atoms with van der Waals surface area (Å²) in [5.41, 5.74) is 0.795. The first-order chi connectivity index (χ1) is 8.61. The molecular weight excluding hydrogens is 271 g/mol. The number of benzene rings is 1. The van der Waals surface area contributed by atoms with E-state index in [1.807, 2.05) is 19.9 Å². The van der Waals surface area contributed by atoms with Gasteiger partial charge in [-0.15, -0.1) is 0 Å². The van der Waals surface area contributed by atoms with Crippen LogP contribution in [-0.4, -0.2) is 11.5 Å². The van der Waals surface area contributed by atoms with Crippen LogP contribution in [0.3, 0.4) is 0 Å². The molecule has 3 nitrogen and oxygen atoms in total. The fourth-order valence-corrected chi connectivity index (χ4v) is 2.20. The lowest BCUT2D eigenvalue weighted by molar-refractivity contribution is 0.429. The Bertz CT molecular complexity index is 540. The first-order valence-corrected chi connectivity index (χ1v) is 6.52. The molecule has 1 aromatic carbocycles. The highest BCUT2D eigenvalue weighted by Crippen LogP contribution is 2.31. The number of rotatable bonds is 4. The lowest BCUT2D eigenvalue weighted by Crippen LogP contribution is -2.17. The zero-order valence-electron chi connectivity index (χ0n) is 10.2. The van der Waals surface area contributed by atoms with Crippen LogP contribution in [0, 0.1) is 0 Å². The van der Waals surface area contributed by atoms with Crippen LogP contribution >= 0.6 is 23.2 Å². The smallest absolute Gasteiger partial charge is 0.211 e. The van der Waals surface area contributed by atoms with Crippen LogP contribution in [0.2, 0.25) is 10.0 Å². The van der Waals surface area contributed by atoms with E-state index in [9.17, 15) is 0 Å². The molecule has 96 valence electrons. The van der Waals surface area contributed by atoms with Crippen LogP contribution in [0.25, 0.3) is 11.3 Å². The van der Waals surface area contributed by atoms with Gasteiger partial charge in [-0.25, -0.2) is 4.98 Å². The summed E-state index contributed by atoms with van der Waals surface area (Å²) < 4.78 is 5.70. The van der Waals surface area contributed by atoms with Crippen molar-refractivity contribution >= 4 is 23.2 Å². The van der Waals surface area contributed by atoms with Crippen molar-refractivity contribution in [2.24, 2.45) is 0 Å². The third kappa shape index (κ3) is 2.86. The average molecular weight is 285 g/mol. The second kappa shape index (κ2) is 5.74. The molecule has 0 radical (unpaired) electrons. The molecule has 1 heterocycles. The summed E-state index contributed by atoms with van der Waals surface area (Å²) in [5.74, 6) is 1.30.